The van der Waals surface area contributed by atoms with Crippen LogP contribution in [0.15, 0.2) is 24.3 Å². The molecule has 3 heteroatoms. The van der Waals surface area contributed by atoms with Gasteiger partial charge in [-0.1, -0.05) is 19.1 Å². The second kappa shape index (κ2) is 8.68. The number of nitriles is 1. The van der Waals surface area contributed by atoms with E-state index in [2.05, 4.69) is 36.3 Å². The number of nitrogens with zero attached hydrogens (tertiary/aromatic N) is 2. The summed E-state index contributed by atoms with van der Waals surface area (Å²) < 4.78 is 0. The summed E-state index contributed by atoms with van der Waals surface area (Å²) in [6, 6.07) is 10.0. The van der Waals surface area contributed by atoms with E-state index >= 15 is 0 Å². The first-order chi connectivity index (χ1) is 8.76. The Kier molecular flexibility index (Phi) is 7.09. The molecule has 0 radical (unpaired) electrons. The van der Waals surface area contributed by atoms with Crippen molar-refractivity contribution in [1.82, 2.24) is 10.2 Å². The Labute approximate surface area is 110 Å². The Morgan fingerprint density at radius 1 is 1.33 bits per heavy atom. The molecule has 0 fully saturated rings. The average molecular weight is 245 g/mol. The quantitative estimate of drug-likeness (QED) is 0.715. The molecule has 1 aromatic carbocycles. The second-order valence-corrected chi connectivity index (χ2v) is 4.65. The van der Waals surface area contributed by atoms with Gasteiger partial charge < -0.3 is 10.2 Å². The van der Waals surface area contributed by atoms with Gasteiger partial charge in [-0.15, -0.1) is 0 Å². The summed E-state index contributed by atoms with van der Waals surface area (Å²) in [5, 5.41) is 12.3. The van der Waals surface area contributed by atoms with E-state index in [0.29, 0.717) is 0 Å². The molecule has 18 heavy (non-hydrogen) atoms. The lowest BCUT2D eigenvalue weighted by atomic mass is 10.1. The summed E-state index contributed by atoms with van der Waals surface area (Å²) in [4.78, 5) is 2.30. The molecule has 0 spiro atoms. The monoisotopic (exact) mass is 245 g/mol. The fourth-order valence-corrected chi connectivity index (χ4v) is 1.91. The van der Waals surface area contributed by atoms with Crippen LogP contribution in [0.25, 0.3) is 0 Å². The molecule has 1 aromatic rings. The van der Waals surface area contributed by atoms with Gasteiger partial charge in [0.2, 0.25) is 0 Å². The van der Waals surface area contributed by atoms with Crippen molar-refractivity contribution in [2.24, 2.45) is 0 Å². The molecule has 3 nitrogen and oxygen atoms in total. The minimum absolute atomic E-state index is 0.741. The van der Waals surface area contributed by atoms with Gasteiger partial charge in [0.05, 0.1) is 11.6 Å². The highest BCUT2D eigenvalue weighted by atomic mass is 15.1. The van der Waals surface area contributed by atoms with Crippen LogP contribution in [-0.2, 0) is 6.54 Å². The summed E-state index contributed by atoms with van der Waals surface area (Å²) in [6.07, 6.45) is 2.35. The molecular formula is C15H23N3. The maximum atomic E-state index is 8.85. The van der Waals surface area contributed by atoms with Gasteiger partial charge in [-0.2, -0.15) is 5.26 Å². The minimum Gasteiger partial charge on any atom is -0.317 e. The van der Waals surface area contributed by atoms with Gasteiger partial charge >= 0.3 is 0 Å². The third kappa shape index (κ3) is 5.81. The van der Waals surface area contributed by atoms with Crippen LogP contribution in [0.3, 0.4) is 0 Å². The largest absolute Gasteiger partial charge is 0.317 e. The molecule has 0 saturated heterocycles. The van der Waals surface area contributed by atoms with E-state index in [0.717, 1.165) is 38.2 Å². The first-order valence-electron chi connectivity index (χ1n) is 6.64. The van der Waals surface area contributed by atoms with Crippen LogP contribution in [0, 0.1) is 11.3 Å². The molecule has 0 aliphatic heterocycles. The Hall–Kier alpha value is -1.37. The van der Waals surface area contributed by atoms with Crippen molar-refractivity contribution in [2.75, 3.05) is 26.7 Å². The Morgan fingerprint density at radius 2 is 2.17 bits per heavy atom. The molecule has 0 bridgehead atoms. The van der Waals surface area contributed by atoms with Crippen molar-refractivity contribution >= 4 is 0 Å². The minimum atomic E-state index is 0.741. The Morgan fingerprint density at radius 3 is 2.89 bits per heavy atom. The topological polar surface area (TPSA) is 39.1 Å². The molecule has 1 N–H and O–H groups in total. The zero-order valence-electron chi connectivity index (χ0n) is 11.4. The van der Waals surface area contributed by atoms with Crippen LogP contribution < -0.4 is 5.32 Å². The summed E-state index contributed by atoms with van der Waals surface area (Å²) in [7, 11) is 2.12. The van der Waals surface area contributed by atoms with Gasteiger partial charge in [0.15, 0.2) is 0 Å². The predicted octanol–water partition coefficient (Wildman–Crippen LogP) is 2.38. The summed E-state index contributed by atoms with van der Waals surface area (Å²) in [6.45, 7) is 6.35. The fourth-order valence-electron chi connectivity index (χ4n) is 1.91. The maximum absolute atomic E-state index is 8.85. The van der Waals surface area contributed by atoms with E-state index in [1.165, 1.54) is 12.0 Å². The standard InChI is InChI=1S/C15H23N3/c1-3-8-17-9-5-10-18(2)13-15-7-4-6-14(11-15)12-16/h4,6-7,11,17H,3,5,8-10,13H2,1-2H3. The van der Waals surface area contributed by atoms with Crippen molar-refractivity contribution in [1.29, 1.82) is 5.26 Å². The van der Waals surface area contributed by atoms with Crippen molar-refractivity contribution in [3.63, 3.8) is 0 Å². The summed E-state index contributed by atoms with van der Waals surface area (Å²) in [5.41, 5.74) is 1.95. The van der Waals surface area contributed by atoms with E-state index in [4.69, 9.17) is 5.26 Å². The molecule has 0 unspecified atom stereocenters. The molecule has 98 valence electrons. The van der Waals surface area contributed by atoms with Crippen molar-refractivity contribution in [3.05, 3.63) is 35.4 Å². The Balaban J connectivity index is 2.26. The van der Waals surface area contributed by atoms with Crippen LogP contribution in [0.2, 0.25) is 0 Å². The van der Waals surface area contributed by atoms with Gasteiger partial charge in [0, 0.05) is 6.54 Å². The van der Waals surface area contributed by atoms with Gasteiger partial charge in [0.25, 0.3) is 0 Å². The van der Waals surface area contributed by atoms with Crippen LogP contribution in [0.1, 0.15) is 30.9 Å². The lowest BCUT2D eigenvalue weighted by molar-refractivity contribution is 0.320. The smallest absolute Gasteiger partial charge is 0.0991 e. The summed E-state index contributed by atoms with van der Waals surface area (Å²) in [5.74, 6) is 0. The third-order valence-electron chi connectivity index (χ3n) is 2.83. The van der Waals surface area contributed by atoms with Crippen LogP contribution in [-0.4, -0.2) is 31.6 Å². The van der Waals surface area contributed by atoms with Crippen molar-refractivity contribution in [3.8, 4) is 6.07 Å². The number of nitrogens with one attached hydrogen (secondary N) is 1. The molecule has 0 aromatic heterocycles. The first kappa shape index (κ1) is 14.7. The molecule has 0 saturated carbocycles. The first-order valence-corrected chi connectivity index (χ1v) is 6.64. The van der Waals surface area contributed by atoms with E-state index in [-0.39, 0.29) is 0 Å². The van der Waals surface area contributed by atoms with E-state index in [1.807, 2.05) is 18.2 Å². The highest BCUT2D eigenvalue weighted by molar-refractivity contribution is 5.32. The Bertz CT molecular complexity index is 382. The SMILES string of the molecule is CCCNCCCN(C)Cc1cccc(C#N)c1. The fraction of sp³-hybridized carbons (Fsp3) is 0.533. The lowest BCUT2D eigenvalue weighted by Gasteiger charge is -2.16. The van der Waals surface area contributed by atoms with E-state index < -0.39 is 0 Å². The molecular weight excluding hydrogens is 222 g/mol. The van der Waals surface area contributed by atoms with Crippen molar-refractivity contribution in [2.45, 2.75) is 26.3 Å². The normalized spacial score (nSPS) is 10.6. The molecule has 0 aliphatic rings. The van der Waals surface area contributed by atoms with E-state index in [9.17, 15) is 0 Å². The average Bonchev–Trinajstić information content (AvgIpc) is 2.38. The van der Waals surface area contributed by atoms with Gasteiger partial charge in [0.1, 0.15) is 0 Å². The van der Waals surface area contributed by atoms with Gasteiger partial charge in [-0.25, -0.2) is 0 Å². The molecule has 0 amide bonds. The van der Waals surface area contributed by atoms with Gasteiger partial charge in [-0.05, 0) is 57.2 Å². The zero-order valence-corrected chi connectivity index (χ0v) is 11.4. The third-order valence-corrected chi connectivity index (χ3v) is 2.83. The van der Waals surface area contributed by atoms with E-state index in [1.54, 1.807) is 0 Å². The molecule has 0 atom stereocenters. The number of hydrogen-bond donors (Lipinski definition) is 1. The second-order valence-electron chi connectivity index (χ2n) is 4.65. The summed E-state index contributed by atoms with van der Waals surface area (Å²) >= 11 is 0. The molecule has 0 heterocycles. The predicted molar refractivity (Wildman–Crippen MR) is 75.3 cm³/mol. The van der Waals surface area contributed by atoms with Crippen LogP contribution in [0.5, 0.6) is 0 Å². The molecule has 1 rings (SSSR count). The number of rotatable bonds is 8. The van der Waals surface area contributed by atoms with Crippen LogP contribution in [0.4, 0.5) is 0 Å². The number of hydrogen-bond acceptors (Lipinski definition) is 3. The highest BCUT2D eigenvalue weighted by Crippen LogP contribution is 2.06. The zero-order chi connectivity index (χ0) is 13.2. The van der Waals surface area contributed by atoms with Gasteiger partial charge in [-0.3, -0.25) is 0 Å². The van der Waals surface area contributed by atoms with Crippen molar-refractivity contribution < 1.29 is 0 Å². The number of benzene rings is 1. The maximum Gasteiger partial charge on any atom is 0.0991 e. The molecule has 0 aliphatic carbocycles. The highest BCUT2D eigenvalue weighted by Gasteiger charge is 2.01. The lowest BCUT2D eigenvalue weighted by Crippen LogP contribution is -2.24. The van der Waals surface area contributed by atoms with Crippen LogP contribution >= 0.6 is 0 Å².